The van der Waals surface area contributed by atoms with Crippen molar-refractivity contribution in [3.63, 3.8) is 0 Å². The highest BCUT2D eigenvalue weighted by atomic mass is 35.5. The van der Waals surface area contributed by atoms with Crippen molar-refractivity contribution >= 4 is 30.7 Å². The molecule has 1 amide bonds. The number of nitrogens with zero attached hydrogens (tertiary/aromatic N) is 1. The quantitative estimate of drug-likeness (QED) is 0.784. The van der Waals surface area contributed by atoms with Gasteiger partial charge in [0.15, 0.2) is 0 Å². The third-order valence-electron chi connectivity index (χ3n) is 4.11. The monoisotopic (exact) mass is 341 g/mol. The lowest BCUT2D eigenvalue weighted by atomic mass is 9.94. The number of piperidine rings is 1. The lowest BCUT2D eigenvalue weighted by Gasteiger charge is -2.24. The number of carbonyl (C=O) groups is 1. The fraction of sp³-hybridized carbons (Fsp3) is 0.929. The number of amides is 1. The van der Waals surface area contributed by atoms with Gasteiger partial charge < -0.3 is 20.3 Å². The van der Waals surface area contributed by atoms with Gasteiger partial charge in [-0.2, -0.15) is 0 Å². The predicted molar refractivity (Wildman–Crippen MR) is 89.5 cm³/mol. The molecule has 7 heteroatoms. The summed E-state index contributed by atoms with van der Waals surface area (Å²) in [7, 11) is 2.07. The summed E-state index contributed by atoms with van der Waals surface area (Å²) in [6.07, 6.45) is 3.05. The first-order chi connectivity index (χ1) is 9.19. The summed E-state index contributed by atoms with van der Waals surface area (Å²) in [5.41, 5.74) is 0. The summed E-state index contributed by atoms with van der Waals surface area (Å²) in [6.45, 7) is 6.61. The van der Waals surface area contributed by atoms with Crippen molar-refractivity contribution in [2.75, 3.05) is 39.8 Å². The molecule has 0 aliphatic carbocycles. The maximum atomic E-state index is 12.1. The van der Waals surface area contributed by atoms with Gasteiger partial charge in [-0.05, 0) is 45.8 Å². The molecular formula is C14H29Cl2N3O2. The second-order valence-corrected chi connectivity index (χ2v) is 5.79. The normalized spacial score (nSPS) is 26.8. The van der Waals surface area contributed by atoms with E-state index in [-0.39, 0.29) is 42.9 Å². The van der Waals surface area contributed by atoms with E-state index < -0.39 is 0 Å². The molecule has 2 heterocycles. The van der Waals surface area contributed by atoms with Crippen molar-refractivity contribution in [3.05, 3.63) is 0 Å². The summed E-state index contributed by atoms with van der Waals surface area (Å²) in [5, 5.41) is 6.50. The molecule has 2 atom stereocenters. The van der Waals surface area contributed by atoms with Crippen LogP contribution in [0.3, 0.4) is 0 Å². The van der Waals surface area contributed by atoms with E-state index in [1.54, 1.807) is 0 Å². The molecule has 2 rings (SSSR count). The van der Waals surface area contributed by atoms with Crippen LogP contribution in [-0.4, -0.2) is 62.8 Å². The van der Waals surface area contributed by atoms with Crippen LogP contribution in [0.4, 0.5) is 0 Å². The summed E-state index contributed by atoms with van der Waals surface area (Å²) in [5.74, 6) is 0.739. The molecule has 2 aliphatic rings. The van der Waals surface area contributed by atoms with E-state index in [4.69, 9.17) is 4.74 Å². The third-order valence-corrected chi connectivity index (χ3v) is 4.11. The Hall–Kier alpha value is -0.0700. The number of likely N-dealkylation sites (tertiary alicyclic amines) is 1. The smallest absolute Gasteiger partial charge is 0.220 e. The number of hydrogen-bond acceptors (Lipinski definition) is 4. The van der Waals surface area contributed by atoms with Crippen LogP contribution in [0.2, 0.25) is 0 Å². The fourth-order valence-electron chi connectivity index (χ4n) is 3.10. The number of ether oxygens (including phenoxy) is 1. The fourth-order valence-corrected chi connectivity index (χ4v) is 3.10. The Morgan fingerprint density at radius 2 is 1.95 bits per heavy atom. The summed E-state index contributed by atoms with van der Waals surface area (Å²) < 4.78 is 5.71. The van der Waals surface area contributed by atoms with Gasteiger partial charge in [0.05, 0.1) is 12.1 Å². The number of rotatable bonds is 5. The molecule has 0 aromatic rings. The van der Waals surface area contributed by atoms with Gasteiger partial charge >= 0.3 is 0 Å². The van der Waals surface area contributed by atoms with Crippen molar-refractivity contribution in [2.45, 2.75) is 38.3 Å². The molecule has 0 aromatic carbocycles. The molecule has 126 valence electrons. The summed E-state index contributed by atoms with van der Waals surface area (Å²) in [6, 6.07) is 0.152. The highest BCUT2D eigenvalue weighted by Crippen LogP contribution is 2.17. The highest BCUT2D eigenvalue weighted by Gasteiger charge is 2.32. The number of likely N-dealkylation sites (N-methyl/N-ethyl adjacent to an activating group) is 1. The number of halogens is 2. The highest BCUT2D eigenvalue weighted by molar-refractivity contribution is 5.85. The Morgan fingerprint density at radius 3 is 2.57 bits per heavy atom. The maximum Gasteiger partial charge on any atom is 0.220 e. The summed E-state index contributed by atoms with van der Waals surface area (Å²) >= 11 is 0. The first kappa shape index (κ1) is 20.9. The summed E-state index contributed by atoms with van der Waals surface area (Å²) in [4.78, 5) is 14.3. The molecule has 2 aliphatic heterocycles. The zero-order valence-electron chi connectivity index (χ0n) is 13.0. The van der Waals surface area contributed by atoms with Gasteiger partial charge in [0.2, 0.25) is 5.91 Å². The minimum atomic E-state index is 0. The van der Waals surface area contributed by atoms with Gasteiger partial charge in [-0.15, -0.1) is 24.8 Å². The Labute approximate surface area is 140 Å². The topological polar surface area (TPSA) is 53.6 Å². The Bertz CT molecular complexity index is 302. The first-order valence-electron chi connectivity index (χ1n) is 7.49. The van der Waals surface area contributed by atoms with Crippen LogP contribution >= 0.6 is 24.8 Å². The van der Waals surface area contributed by atoms with Gasteiger partial charge in [-0.1, -0.05) is 0 Å². The van der Waals surface area contributed by atoms with Crippen LogP contribution in [0.25, 0.3) is 0 Å². The molecule has 2 N–H and O–H groups in total. The van der Waals surface area contributed by atoms with Gasteiger partial charge in [0, 0.05) is 26.1 Å². The van der Waals surface area contributed by atoms with E-state index in [2.05, 4.69) is 22.6 Å². The second-order valence-electron chi connectivity index (χ2n) is 5.79. The molecule has 2 saturated heterocycles. The zero-order chi connectivity index (χ0) is 13.7. The lowest BCUT2D eigenvalue weighted by molar-refractivity contribution is -0.123. The molecule has 21 heavy (non-hydrogen) atoms. The molecule has 0 unspecified atom stereocenters. The van der Waals surface area contributed by atoms with Crippen molar-refractivity contribution in [1.29, 1.82) is 0 Å². The van der Waals surface area contributed by atoms with Crippen LogP contribution in [0.1, 0.15) is 26.2 Å². The number of nitrogens with one attached hydrogen (secondary N) is 2. The average Bonchev–Trinajstić information content (AvgIpc) is 2.71. The minimum Gasteiger partial charge on any atom is -0.375 e. The van der Waals surface area contributed by atoms with E-state index in [0.29, 0.717) is 18.9 Å². The Morgan fingerprint density at radius 1 is 1.29 bits per heavy atom. The number of carbonyl (C=O) groups excluding carboxylic acids is 1. The van der Waals surface area contributed by atoms with Crippen molar-refractivity contribution < 1.29 is 9.53 Å². The maximum absolute atomic E-state index is 12.1. The number of hydrogen-bond donors (Lipinski definition) is 2. The van der Waals surface area contributed by atoms with Crippen molar-refractivity contribution in [2.24, 2.45) is 5.92 Å². The largest absolute Gasteiger partial charge is 0.375 e. The average molecular weight is 342 g/mol. The van der Waals surface area contributed by atoms with Crippen LogP contribution in [0.15, 0.2) is 0 Å². The van der Waals surface area contributed by atoms with Crippen LogP contribution in [0.5, 0.6) is 0 Å². The van der Waals surface area contributed by atoms with Gasteiger partial charge in [0.25, 0.3) is 0 Å². The molecule has 0 saturated carbocycles. The SMILES string of the molecule is CCO[C@H]1CN(C)C[C@@H]1NC(=O)CC1CCNCC1.Cl.Cl. The van der Waals surface area contributed by atoms with Crippen LogP contribution in [0, 0.1) is 5.92 Å². The third kappa shape index (κ3) is 6.70. The minimum absolute atomic E-state index is 0. The van der Waals surface area contributed by atoms with E-state index in [1.165, 1.54) is 0 Å². The molecule has 0 spiro atoms. The first-order valence-corrected chi connectivity index (χ1v) is 7.49. The predicted octanol–water partition coefficient (Wildman–Crippen LogP) is 1.05. The van der Waals surface area contributed by atoms with Gasteiger partial charge in [0.1, 0.15) is 0 Å². The standard InChI is InChI=1S/C14H27N3O2.2ClH/c1-3-19-13-10-17(2)9-12(13)16-14(18)8-11-4-6-15-7-5-11;;/h11-13,15H,3-10H2,1-2H3,(H,16,18);2*1H/t12-,13-;;/m0../s1. The molecule has 0 radical (unpaired) electrons. The second kappa shape index (κ2) is 10.6. The zero-order valence-corrected chi connectivity index (χ0v) is 14.6. The van der Waals surface area contributed by atoms with Crippen LogP contribution in [-0.2, 0) is 9.53 Å². The van der Waals surface area contributed by atoms with E-state index in [1.807, 2.05) is 6.92 Å². The molecule has 0 aromatic heterocycles. The van der Waals surface area contributed by atoms with Crippen molar-refractivity contribution in [3.8, 4) is 0 Å². The Kier molecular flexibility index (Phi) is 10.6. The van der Waals surface area contributed by atoms with E-state index in [0.717, 1.165) is 39.0 Å². The van der Waals surface area contributed by atoms with Gasteiger partial charge in [-0.3, -0.25) is 4.79 Å². The van der Waals surface area contributed by atoms with Gasteiger partial charge in [-0.25, -0.2) is 0 Å². The van der Waals surface area contributed by atoms with E-state index >= 15 is 0 Å². The van der Waals surface area contributed by atoms with Crippen LogP contribution < -0.4 is 10.6 Å². The molecule has 2 fully saturated rings. The Balaban J connectivity index is 0.00000200. The van der Waals surface area contributed by atoms with Crippen molar-refractivity contribution in [1.82, 2.24) is 15.5 Å². The molecule has 0 bridgehead atoms. The molecular weight excluding hydrogens is 313 g/mol. The van der Waals surface area contributed by atoms with E-state index in [9.17, 15) is 4.79 Å². The molecule has 5 nitrogen and oxygen atoms in total. The lowest BCUT2D eigenvalue weighted by Crippen LogP contribution is -2.44.